The van der Waals surface area contributed by atoms with Gasteiger partial charge >= 0.3 is 5.97 Å². The van der Waals surface area contributed by atoms with Crippen molar-refractivity contribution in [2.75, 3.05) is 18.6 Å². The first-order valence-electron chi connectivity index (χ1n) is 9.40. The van der Waals surface area contributed by atoms with Crippen molar-refractivity contribution in [2.24, 2.45) is 17.6 Å². The van der Waals surface area contributed by atoms with E-state index in [9.17, 15) is 24.3 Å². The van der Waals surface area contributed by atoms with Crippen molar-refractivity contribution in [3.05, 3.63) is 0 Å². The molecule has 4 atom stereocenters. The lowest BCUT2D eigenvalue weighted by Gasteiger charge is -2.27. The molecule has 162 valence electrons. The van der Waals surface area contributed by atoms with Crippen LogP contribution < -0.4 is 21.7 Å². The topological polar surface area (TPSA) is 151 Å². The van der Waals surface area contributed by atoms with Crippen LogP contribution in [0.4, 0.5) is 0 Å². The number of hydrogen-bond acceptors (Lipinski definition) is 6. The Kier molecular flexibility index (Phi) is 12.5. The number of nitrogens with one attached hydrogen (secondary N) is 3. The lowest BCUT2D eigenvalue weighted by Crippen LogP contribution is -2.58. The van der Waals surface area contributed by atoms with Crippen LogP contribution in [0.3, 0.4) is 0 Å². The molecule has 0 rings (SSSR count). The summed E-state index contributed by atoms with van der Waals surface area (Å²) >= 11 is 1.51. The van der Waals surface area contributed by atoms with Gasteiger partial charge in [-0.3, -0.25) is 14.4 Å². The van der Waals surface area contributed by atoms with E-state index in [1.165, 1.54) is 11.8 Å². The molecule has 0 heterocycles. The van der Waals surface area contributed by atoms with Gasteiger partial charge in [0, 0.05) is 0 Å². The van der Waals surface area contributed by atoms with E-state index in [1.54, 1.807) is 20.8 Å². The summed E-state index contributed by atoms with van der Waals surface area (Å²) in [5, 5.41) is 17.1. The predicted octanol–water partition coefficient (Wildman–Crippen LogP) is -0.0607. The molecule has 0 saturated carbocycles. The largest absolute Gasteiger partial charge is 0.480 e. The van der Waals surface area contributed by atoms with Gasteiger partial charge in [0.1, 0.15) is 18.1 Å². The third kappa shape index (κ3) is 8.92. The predicted molar refractivity (Wildman–Crippen MR) is 110 cm³/mol. The van der Waals surface area contributed by atoms with Crippen molar-refractivity contribution >= 4 is 35.5 Å². The monoisotopic (exact) mass is 418 g/mol. The zero-order valence-electron chi connectivity index (χ0n) is 17.3. The molecule has 0 bridgehead atoms. The maximum atomic E-state index is 12.7. The first-order chi connectivity index (χ1) is 13.1. The number of carboxylic acids is 1. The number of carbonyl (C=O) groups excluding carboxylic acids is 3. The highest BCUT2D eigenvalue weighted by Gasteiger charge is 2.31. The molecule has 0 radical (unpaired) electrons. The van der Waals surface area contributed by atoms with Crippen LogP contribution in [0.5, 0.6) is 0 Å². The lowest BCUT2D eigenvalue weighted by atomic mass is 9.98. The van der Waals surface area contributed by atoms with Gasteiger partial charge in [-0.1, -0.05) is 34.1 Å². The maximum Gasteiger partial charge on any atom is 0.326 e. The molecule has 3 amide bonds. The van der Waals surface area contributed by atoms with Gasteiger partial charge in [0.05, 0.1) is 6.54 Å². The number of carbonyl (C=O) groups is 4. The molecule has 0 saturated heterocycles. The van der Waals surface area contributed by atoms with Gasteiger partial charge in [-0.05, 0) is 30.3 Å². The van der Waals surface area contributed by atoms with Crippen molar-refractivity contribution in [3.8, 4) is 0 Å². The Morgan fingerprint density at radius 3 is 2.04 bits per heavy atom. The Hall–Kier alpha value is -1.81. The van der Waals surface area contributed by atoms with Crippen LogP contribution in [0.15, 0.2) is 0 Å². The molecule has 6 N–H and O–H groups in total. The minimum absolute atomic E-state index is 0.216. The second-order valence-electron chi connectivity index (χ2n) is 7.05. The van der Waals surface area contributed by atoms with E-state index in [0.29, 0.717) is 18.6 Å². The van der Waals surface area contributed by atoms with Crippen LogP contribution in [-0.4, -0.2) is 65.5 Å². The molecular formula is C18H34N4O5S. The van der Waals surface area contributed by atoms with Crippen molar-refractivity contribution in [1.29, 1.82) is 0 Å². The van der Waals surface area contributed by atoms with Crippen LogP contribution in [0.1, 0.15) is 40.5 Å². The Balaban J connectivity index is 5.32. The zero-order valence-corrected chi connectivity index (χ0v) is 18.1. The van der Waals surface area contributed by atoms with E-state index in [-0.39, 0.29) is 18.4 Å². The first-order valence-corrected chi connectivity index (χ1v) is 10.8. The van der Waals surface area contributed by atoms with Crippen LogP contribution >= 0.6 is 11.8 Å². The first kappa shape index (κ1) is 26.2. The Labute approximate surface area is 170 Å². The second kappa shape index (κ2) is 13.4. The lowest BCUT2D eigenvalue weighted by molar-refractivity contribution is -0.143. The van der Waals surface area contributed by atoms with Crippen LogP contribution in [-0.2, 0) is 19.2 Å². The molecule has 0 aliphatic rings. The SMILES string of the molecule is CCC(C)C(NC(=O)C(CCSC)NC(=O)C(NC(=O)CN)C(C)C)C(=O)O. The minimum atomic E-state index is -1.12. The van der Waals surface area contributed by atoms with Gasteiger partial charge in [-0.25, -0.2) is 4.79 Å². The van der Waals surface area contributed by atoms with Crippen LogP contribution in [0.2, 0.25) is 0 Å². The molecule has 0 aromatic heterocycles. The average molecular weight is 419 g/mol. The highest BCUT2D eigenvalue weighted by atomic mass is 32.2. The molecule has 0 spiro atoms. The zero-order chi connectivity index (χ0) is 21.9. The Bertz CT molecular complexity index is 544. The van der Waals surface area contributed by atoms with Crippen molar-refractivity contribution in [1.82, 2.24) is 16.0 Å². The second-order valence-corrected chi connectivity index (χ2v) is 8.03. The van der Waals surface area contributed by atoms with Gasteiger partial charge in [0.2, 0.25) is 17.7 Å². The number of aliphatic carboxylic acids is 1. The highest BCUT2D eigenvalue weighted by Crippen LogP contribution is 2.10. The maximum absolute atomic E-state index is 12.7. The smallest absolute Gasteiger partial charge is 0.326 e. The van der Waals surface area contributed by atoms with Crippen molar-refractivity contribution in [3.63, 3.8) is 0 Å². The normalized spacial score (nSPS) is 15.2. The number of hydrogen-bond donors (Lipinski definition) is 5. The molecule has 0 aliphatic carbocycles. The molecule has 4 unspecified atom stereocenters. The molecular weight excluding hydrogens is 384 g/mol. The quantitative estimate of drug-likeness (QED) is 0.281. The fourth-order valence-corrected chi connectivity index (χ4v) is 2.94. The van der Waals surface area contributed by atoms with Gasteiger partial charge < -0.3 is 26.8 Å². The van der Waals surface area contributed by atoms with Crippen molar-refractivity contribution in [2.45, 2.75) is 58.7 Å². The number of nitrogens with two attached hydrogens (primary N) is 1. The molecule has 10 heteroatoms. The molecule has 0 aliphatic heterocycles. The van der Waals surface area contributed by atoms with E-state index >= 15 is 0 Å². The minimum Gasteiger partial charge on any atom is -0.480 e. The summed E-state index contributed by atoms with van der Waals surface area (Å²) < 4.78 is 0. The summed E-state index contributed by atoms with van der Waals surface area (Å²) in [5.74, 6) is -2.52. The van der Waals surface area contributed by atoms with E-state index in [0.717, 1.165) is 0 Å². The van der Waals surface area contributed by atoms with Crippen LogP contribution in [0, 0.1) is 11.8 Å². The summed E-state index contributed by atoms with van der Waals surface area (Å²) in [7, 11) is 0. The Morgan fingerprint density at radius 2 is 1.61 bits per heavy atom. The van der Waals surface area contributed by atoms with Gasteiger partial charge in [-0.15, -0.1) is 0 Å². The number of amides is 3. The molecule has 0 aromatic rings. The van der Waals surface area contributed by atoms with E-state index in [2.05, 4.69) is 16.0 Å². The highest BCUT2D eigenvalue weighted by molar-refractivity contribution is 7.98. The summed E-state index contributed by atoms with van der Waals surface area (Å²) in [6.45, 7) is 6.86. The standard InChI is InChI=1S/C18H34N4O5S/c1-6-11(4)15(18(26)27)22-16(24)12(7-8-28-5)20-17(25)14(10(2)3)21-13(23)9-19/h10-12,14-15H,6-9,19H2,1-5H3,(H,20,25)(H,21,23)(H,22,24)(H,26,27). The summed E-state index contributed by atoms with van der Waals surface area (Å²) in [6, 6.07) is -2.78. The fraction of sp³-hybridized carbons (Fsp3) is 0.778. The van der Waals surface area contributed by atoms with Gasteiger partial charge in [0.15, 0.2) is 0 Å². The number of thioether (sulfide) groups is 1. The van der Waals surface area contributed by atoms with Crippen LogP contribution in [0.25, 0.3) is 0 Å². The number of rotatable bonds is 13. The van der Waals surface area contributed by atoms with Gasteiger partial charge in [0.25, 0.3) is 0 Å². The van der Waals surface area contributed by atoms with E-state index < -0.39 is 41.8 Å². The third-order valence-electron chi connectivity index (χ3n) is 4.47. The average Bonchev–Trinajstić information content (AvgIpc) is 2.65. The molecule has 0 fully saturated rings. The Morgan fingerprint density at radius 1 is 1.00 bits per heavy atom. The summed E-state index contributed by atoms with van der Waals surface area (Å²) in [5.41, 5.74) is 5.29. The summed E-state index contributed by atoms with van der Waals surface area (Å²) in [4.78, 5) is 48.4. The van der Waals surface area contributed by atoms with Gasteiger partial charge in [-0.2, -0.15) is 11.8 Å². The number of carboxylic acid groups (broad SMARTS) is 1. The van der Waals surface area contributed by atoms with Crippen molar-refractivity contribution < 1.29 is 24.3 Å². The molecule has 28 heavy (non-hydrogen) atoms. The van der Waals surface area contributed by atoms with E-state index in [1.807, 2.05) is 13.2 Å². The molecule has 9 nitrogen and oxygen atoms in total. The fourth-order valence-electron chi connectivity index (χ4n) is 2.47. The summed E-state index contributed by atoms with van der Waals surface area (Å²) in [6.07, 6.45) is 2.79. The molecule has 0 aromatic carbocycles. The van der Waals surface area contributed by atoms with E-state index in [4.69, 9.17) is 5.73 Å². The third-order valence-corrected chi connectivity index (χ3v) is 5.12.